The van der Waals surface area contributed by atoms with Crippen molar-refractivity contribution in [2.45, 2.75) is 51.2 Å². The molecular formula is C14H24NO3P. The van der Waals surface area contributed by atoms with Crippen LogP contribution in [0.1, 0.15) is 45.4 Å². The Bertz CT molecular complexity index is 397. The van der Waals surface area contributed by atoms with Crippen molar-refractivity contribution in [3.05, 3.63) is 30.3 Å². The SMILES string of the molecule is CCCCCCCC(N)P(=O)(O)Oc1ccccc1. The Labute approximate surface area is 115 Å². The van der Waals surface area contributed by atoms with Gasteiger partial charge >= 0.3 is 7.60 Å². The van der Waals surface area contributed by atoms with Crippen molar-refractivity contribution < 1.29 is 14.0 Å². The Morgan fingerprint density at radius 1 is 1.21 bits per heavy atom. The van der Waals surface area contributed by atoms with E-state index in [0.29, 0.717) is 12.2 Å². The molecule has 0 fully saturated rings. The van der Waals surface area contributed by atoms with Gasteiger partial charge in [-0.15, -0.1) is 0 Å². The molecule has 2 unspecified atom stereocenters. The van der Waals surface area contributed by atoms with Crippen LogP contribution >= 0.6 is 7.60 Å². The predicted octanol–water partition coefficient (Wildman–Crippen LogP) is 3.90. The van der Waals surface area contributed by atoms with Crippen molar-refractivity contribution in [3.63, 3.8) is 0 Å². The highest BCUT2D eigenvalue weighted by atomic mass is 31.2. The topological polar surface area (TPSA) is 72.6 Å². The van der Waals surface area contributed by atoms with Crippen molar-refractivity contribution in [2.75, 3.05) is 0 Å². The summed E-state index contributed by atoms with van der Waals surface area (Å²) >= 11 is 0. The van der Waals surface area contributed by atoms with Crippen LogP contribution in [0.2, 0.25) is 0 Å². The Hall–Kier alpha value is -0.830. The van der Waals surface area contributed by atoms with Gasteiger partial charge in [0.05, 0.1) is 0 Å². The molecule has 0 amide bonds. The molecule has 1 rings (SSSR count). The molecule has 2 atom stereocenters. The summed E-state index contributed by atoms with van der Waals surface area (Å²) in [5, 5.41) is 0. The molecular weight excluding hydrogens is 261 g/mol. The summed E-state index contributed by atoms with van der Waals surface area (Å²) in [7, 11) is -3.78. The lowest BCUT2D eigenvalue weighted by Gasteiger charge is -2.19. The first-order valence-corrected chi connectivity index (χ1v) is 8.53. The third-order valence-corrected chi connectivity index (χ3v) is 4.57. The van der Waals surface area contributed by atoms with Gasteiger partial charge in [0.25, 0.3) is 0 Å². The van der Waals surface area contributed by atoms with E-state index >= 15 is 0 Å². The van der Waals surface area contributed by atoms with Crippen LogP contribution in [0.25, 0.3) is 0 Å². The van der Waals surface area contributed by atoms with Crippen LogP contribution in [0.4, 0.5) is 0 Å². The van der Waals surface area contributed by atoms with Gasteiger partial charge in [-0.3, -0.25) is 0 Å². The third-order valence-electron chi connectivity index (χ3n) is 3.00. The van der Waals surface area contributed by atoms with Gasteiger partial charge in [-0.25, -0.2) is 4.57 Å². The molecule has 0 aliphatic rings. The molecule has 0 radical (unpaired) electrons. The van der Waals surface area contributed by atoms with Crippen LogP contribution in [0.15, 0.2) is 30.3 Å². The lowest BCUT2D eigenvalue weighted by atomic mass is 10.1. The number of benzene rings is 1. The Balaban J connectivity index is 2.37. The number of hydrogen-bond donors (Lipinski definition) is 2. The van der Waals surface area contributed by atoms with Gasteiger partial charge in [-0.1, -0.05) is 57.2 Å². The van der Waals surface area contributed by atoms with Gasteiger partial charge in [-0.2, -0.15) is 0 Å². The van der Waals surface area contributed by atoms with Gasteiger partial charge in [0.1, 0.15) is 11.5 Å². The second kappa shape index (κ2) is 8.36. The maximum absolute atomic E-state index is 12.0. The molecule has 0 aliphatic carbocycles. The van der Waals surface area contributed by atoms with Crippen molar-refractivity contribution >= 4 is 7.60 Å². The molecule has 19 heavy (non-hydrogen) atoms. The van der Waals surface area contributed by atoms with E-state index in [0.717, 1.165) is 19.3 Å². The van der Waals surface area contributed by atoms with E-state index < -0.39 is 13.4 Å². The molecule has 0 aromatic heterocycles. The van der Waals surface area contributed by atoms with E-state index in [1.165, 1.54) is 12.8 Å². The lowest BCUT2D eigenvalue weighted by Crippen LogP contribution is -2.22. The number of hydrogen-bond acceptors (Lipinski definition) is 3. The average molecular weight is 285 g/mol. The first-order chi connectivity index (χ1) is 9.06. The van der Waals surface area contributed by atoms with E-state index in [1.807, 2.05) is 6.07 Å². The Kier molecular flexibility index (Phi) is 7.14. The minimum absolute atomic E-state index is 0.384. The van der Waals surface area contributed by atoms with E-state index in [4.69, 9.17) is 10.3 Å². The van der Waals surface area contributed by atoms with Crippen LogP contribution in [-0.4, -0.2) is 10.7 Å². The minimum atomic E-state index is -3.78. The van der Waals surface area contributed by atoms with Gasteiger partial charge in [0, 0.05) is 0 Å². The molecule has 0 heterocycles. The highest BCUT2D eigenvalue weighted by molar-refractivity contribution is 7.53. The maximum Gasteiger partial charge on any atom is 0.393 e. The molecule has 0 saturated carbocycles. The van der Waals surface area contributed by atoms with E-state index in [1.54, 1.807) is 24.3 Å². The summed E-state index contributed by atoms with van der Waals surface area (Å²) in [5.74, 6) is -0.427. The zero-order valence-corrected chi connectivity index (χ0v) is 12.4. The Morgan fingerprint density at radius 3 is 2.47 bits per heavy atom. The largest absolute Gasteiger partial charge is 0.423 e. The zero-order valence-electron chi connectivity index (χ0n) is 11.5. The quantitative estimate of drug-likeness (QED) is 0.533. The molecule has 4 nitrogen and oxygen atoms in total. The number of nitrogens with two attached hydrogens (primary N) is 1. The van der Waals surface area contributed by atoms with Crippen molar-refractivity contribution in [1.29, 1.82) is 0 Å². The van der Waals surface area contributed by atoms with Crippen LogP contribution in [-0.2, 0) is 4.57 Å². The fourth-order valence-electron chi connectivity index (χ4n) is 1.82. The van der Waals surface area contributed by atoms with Crippen molar-refractivity contribution in [1.82, 2.24) is 0 Å². The highest BCUT2D eigenvalue weighted by Gasteiger charge is 2.30. The van der Waals surface area contributed by atoms with Gasteiger partial charge < -0.3 is 15.2 Å². The standard InChI is InChI=1S/C14H24NO3P/c1-2-3-4-5-9-12-14(15)19(16,17)18-13-10-7-6-8-11-13/h6-8,10-11,14H,2-5,9,12,15H2,1H3,(H,16,17). The number of unbranched alkanes of at least 4 members (excludes halogenated alkanes) is 4. The van der Waals surface area contributed by atoms with Gasteiger partial charge in [0.15, 0.2) is 0 Å². The van der Waals surface area contributed by atoms with Crippen LogP contribution in [0.3, 0.4) is 0 Å². The molecule has 1 aromatic carbocycles. The molecule has 3 N–H and O–H groups in total. The van der Waals surface area contributed by atoms with Gasteiger partial charge in [-0.05, 0) is 18.6 Å². The smallest absolute Gasteiger partial charge is 0.393 e. The summed E-state index contributed by atoms with van der Waals surface area (Å²) < 4.78 is 17.1. The second-order valence-corrected chi connectivity index (χ2v) is 6.71. The van der Waals surface area contributed by atoms with E-state index in [2.05, 4.69) is 6.92 Å². The Morgan fingerprint density at radius 2 is 1.84 bits per heavy atom. The predicted molar refractivity (Wildman–Crippen MR) is 78.2 cm³/mol. The van der Waals surface area contributed by atoms with Crippen LogP contribution < -0.4 is 10.3 Å². The second-order valence-electron chi connectivity index (χ2n) is 4.74. The first-order valence-electron chi connectivity index (χ1n) is 6.89. The number of para-hydroxylation sites is 1. The molecule has 0 bridgehead atoms. The summed E-state index contributed by atoms with van der Waals surface area (Å²) in [6.07, 6.45) is 5.97. The monoisotopic (exact) mass is 285 g/mol. The molecule has 0 spiro atoms. The fraction of sp³-hybridized carbons (Fsp3) is 0.571. The van der Waals surface area contributed by atoms with Gasteiger partial charge in [0.2, 0.25) is 0 Å². The lowest BCUT2D eigenvalue weighted by molar-refractivity contribution is 0.360. The summed E-state index contributed by atoms with van der Waals surface area (Å²) in [4.78, 5) is 9.85. The summed E-state index contributed by atoms with van der Waals surface area (Å²) in [5.41, 5.74) is 5.78. The fourth-order valence-corrected chi connectivity index (χ4v) is 2.89. The van der Waals surface area contributed by atoms with Crippen molar-refractivity contribution in [2.24, 2.45) is 5.73 Å². The molecule has 108 valence electrons. The normalized spacial score (nSPS) is 15.7. The summed E-state index contributed by atoms with van der Waals surface area (Å²) in [6, 6.07) is 8.63. The molecule has 0 aliphatic heterocycles. The number of rotatable bonds is 9. The van der Waals surface area contributed by atoms with Crippen LogP contribution in [0, 0.1) is 0 Å². The highest BCUT2D eigenvalue weighted by Crippen LogP contribution is 2.47. The molecule has 1 aromatic rings. The summed E-state index contributed by atoms with van der Waals surface area (Å²) in [6.45, 7) is 2.15. The van der Waals surface area contributed by atoms with E-state index in [9.17, 15) is 9.46 Å². The molecule has 0 saturated heterocycles. The maximum atomic E-state index is 12.0. The first kappa shape index (κ1) is 16.2. The molecule has 5 heteroatoms. The third kappa shape index (κ3) is 6.24. The van der Waals surface area contributed by atoms with Crippen molar-refractivity contribution in [3.8, 4) is 5.75 Å². The van der Waals surface area contributed by atoms with E-state index in [-0.39, 0.29) is 0 Å². The zero-order chi connectivity index (χ0) is 14.1. The van der Waals surface area contributed by atoms with Crippen LogP contribution in [0.5, 0.6) is 5.75 Å². The average Bonchev–Trinajstić information content (AvgIpc) is 2.39. The minimum Gasteiger partial charge on any atom is -0.423 e.